The Balaban J connectivity index is 1.91. The minimum absolute atomic E-state index is 0.254. The highest BCUT2D eigenvalue weighted by atomic mass is 32.1. The van der Waals surface area contributed by atoms with Gasteiger partial charge in [0.1, 0.15) is 6.04 Å². The predicted molar refractivity (Wildman–Crippen MR) is 73.2 cm³/mol. The zero-order chi connectivity index (χ0) is 13.8. The van der Waals surface area contributed by atoms with Gasteiger partial charge in [-0.1, -0.05) is 6.07 Å². The van der Waals surface area contributed by atoms with Crippen LogP contribution in [0.4, 0.5) is 5.82 Å². The van der Waals surface area contributed by atoms with E-state index in [1.54, 1.807) is 25.1 Å². The van der Waals surface area contributed by atoms with Gasteiger partial charge in [-0.05, 0) is 25.3 Å². The average molecular weight is 278 g/mol. The topological polar surface area (TPSA) is 86.9 Å². The second-order valence-electron chi connectivity index (χ2n) is 4.10. The molecule has 2 heterocycles. The lowest BCUT2D eigenvalue weighted by Gasteiger charge is -2.12. The summed E-state index contributed by atoms with van der Waals surface area (Å²) in [6.07, 6.45) is 0. The van der Waals surface area contributed by atoms with Crippen molar-refractivity contribution in [2.24, 2.45) is 0 Å². The summed E-state index contributed by atoms with van der Waals surface area (Å²) >= 11 is 1.33. The fourth-order valence-corrected chi connectivity index (χ4v) is 2.08. The van der Waals surface area contributed by atoms with Crippen molar-refractivity contribution in [2.75, 3.05) is 5.32 Å². The lowest BCUT2D eigenvalue weighted by molar-refractivity contribution is -0.117. The molecule has 100 valence electrons. The number of rotatable bonds is 4. The fourth-order valence-electron chi connectivity index (χ4n) is 1.46. The molecular weight excluding hydrogens is 264 g/mol. The van der Waals surface area contributed by atoms with Gasteiger partial charge in [-0.2, -0.15) is 5.10 Å². The van der Waals surface area contributed by atoms with Gasteiger partial charge in [-0.3, -0.25) is 14.7 Å². The number of carbonyl (C=O) groups is 2. The molecule has 0 radical (unpaired) electrons. The molecule has 0 aromatic carbocycles. The van der Waals surface area contributed by atoms with Crippen LogP contribution in [0, 0.1) is 6.92 Å². The molecule has 2 aromatic heterocycles. The summed E-state index contributed by atoms with van der Waals surface area (Å²) in [5.41, 5.74) is 0.852. The van der Waals surface area contributed by atoms with Gasteiger partial charge in [-0.25, -0.2) is 0 Å². The Labute approximate surface area is 114 Å². The molecule has 3 N–H and O–H groups in total. The quantitative estimate of drug-likeness (QED) is 0.792. The Kier molecular flexibility index (Phi) is 3.96. The maximum Gasteiger partial charge on any atom is 0.261 e. The number of aryl methyl sites for hydroxylation is 1. The standard InChI is InChI=1S/C12H14N4O2S/c1-7-6-10(16-15-7)14-11(17)8(2)13-12(18)9-4-3-5-19-9/h3-6,8H,1-2H3,(H,13,18)(H2,14,15,16,17). The average Bonchev–Trinajstić information content (AvgIpc) is 3.00. The number of H-pyrrole nitrogens is 1. The molecular formula is C12H14N4O2S. The lowest BCUT2D eigenvalue weighted by Crippen LogP contribution is -2.41. The number of carbonyl (C=O) groups excluding carboxylic acids is 2. The first-order valence-electron chi connectivity index (χ1n) is 5.73. The molecule has 0 saturated heterocycles. The lowest BCUT2D eigenvalue weighted by atomic mass is 10.3. The molecule has 0 spiro atoms. The van der Waals surface area contributed by atoms with E-state index < -0.39 is 6.04 Å². The molecule has 0 aliphatic carbocycles. The van der Waals surface area contributed by atoms with Crippen LogP contribution in [0.1, 0.15) is 22.3 Å². The highest BCUT2D eigenvalue weighted by Crippen LogP contribution is 2.09. The first-order chi connectivity index (χ1) is 9.06. The van der Waals surface area contributed by atoms with Crippen LogP contribution in [0.25, 0.3) is 0 Å². The molecule has 7 heteroatoms. The summed E-state index contributed by atoms with van der Waals surface area (Å²) in [5, 5.41) is 13.7. The minimum atomic E-state index is -0.633. The smallest absolute Gasteiger partial charge is 0.261 e. The second-order valence-corrected chi connectivity index (χ2v) is 5.05. The largest absolute Gasteiger partial charge is 0.340 e. The molecule has 2 aromatic rings. The molecule has 1 atom stereocenters. The van der Waals surface area contributed by atoms with Gasteiger partial charge in [0, 0.05) is 11.8 Å². The van der Waals surface area contributed by atoms with Crippen LogP contribution in [0.3, 0.4) is 0 Å². The Morgan fingerprint density at radius 2 is 2.26 bits per heavy atom. The van der Waals surface area contributed by atoms with E-state index in [0.29, 0.717) is 10.7 Å². The van der Waals surface area contributed by atoms with Crippen molar-refractivity contribution in [1.82, 2.24) is 15.5 Å². The summed E-state index contributed by atoms with van der Waals surface area (Å²) in [6, 6.07) is 4.58. The van der Waals surface area contributed by atoms with Crippen LogP contribution < -0.4 is 10.6 Å². The van der Waals surface area contributed by atoms with Crippen molar-refractivity contribution in [3.63, 3.8) is 0 Å². The first kappa shape index (κ1) is 13.3. The molecule has 0 bridgehead atoms. The van der Waals surface area contributed by atoms with Crippen LogP contribution >= 0.6 is 11.3 Å². The maximum atomic E-state index is 11.9. The fraction of sp³-hybridized carbons (Fsp3) is 0.250. The second kappa shape index (κ2) is 5.66. The highest BCUT2D eigenvalue weighted by Gasteiger charge is 2.17. The Morgan fingerprint density at radius 3 is 2.84 bits per heavy atom. The normalized spacial score (nSPS) is 11.9. The van der Waals surface area contributed by atoms with E-state index in [1.165, 1.54) is 11.3 Å². The number of anilines is 1. The van der Waals surface area contributed by atoms with Crippen LogP contribution in [0.15, 0.2) is 23.6 Å². The van der Waals surface area contributed by atoms with Crippen molar-refractivity contribution < 1.29 is 9.59 Å². The summed E-state index contributed by atoms with van der Waals surface area (Å²) in [7, 11) is 0. The molecule has 2 rings (SSSR count). The van der Waals surface area contributed by atoms with Crippen molar-refractivity contribution in [1.29, 1.82) is 0 Å². The summed E-state index contributed by atoms with van der Waals surface area (Å²) < 4.78 is 0. The van der Waals surface area contributed by atoms with Gasteiger partial charge in [0.2, 0.25) is 5.91 Å². The van der Waals surface area contributed by atoms with E-state index in [4.69, 9.17) is 0 Å². The van der Waals surface area contributed by atoms with Gasteiger partial charge < -0.3 is 10.6 Å². The number of aromatic amines is 1. The minimum Gasteiger partial charge on any atom is -0.340 e. The van der Waals surface area contributed by atoms with E-state index in [2.05, 4.69) is 20.8 Å². The Morgan fingerprint density at radius 1 is 1.47 bits per heavy atom. The number of hydrogen-bond donors (Lipinski definition) is 3. The van der Waals surface area contributed by atoms with Crippen molar-refractivity contribution in [2.45, 2.75) is 19.9 Å². The van der Waals surface area contributed by atoms with Crippen molar-refractivity contribution >= 4 is 29.0 Å². The predicted octanol–water partition coefficient (Wildman–Crippen LogP) is 1.54. The van der Waals surface area contributed by atoms with E-state index in [-0.39, 0.29) is 11.8 Å². The maximum absolute atomic E-state index is 11.9. The van der Waals surface area contributed by atoms with Crippen LogP contribution in [0.5, 0.6) is 0 Å². The monoisotopic (exact) mass is 278 g/mol. The van der Waals surface area contributed by atoms with Crippen LogP contribution in [-0.2, 0) is 4.79 Å². The zero-order valence-corrected chi connectivity index (χ0v) is 11.4. The number of nitrogens with zero attached hydrogens (tertiary/aromatic N) is 1. The zero-order valence-electron chi connectivity index (χ0n) is 10.6. The van der Waals surface area contributed by atoms with Gasteiger partial charge in [0.05, 0.1) is 4.88 Å². The molecule has 19 heavy (non-hydrogen) atoms. The van der Waals surface area contributed by atoms with E-state index in [0.717, 1.165) is 5.69 Å². The van der Waals surface area contributed by atoms with Crippen molar-refractivity contribution in [3.8, 4) is 0 Å². The number of thiophene rings is 1. The number of hydrogen-bond acceptors (Lipinski definition) is 4. The highest BCUT2D eigenvalue weighted by molar-refractivity contribution is 7.12. The first-order valence-corrected chi connectivity index (χ1v) is 6.61. The van der Waals surface area contributed by atoms with Crippen molar-refractivity contribution in [3.05, 3.63) is 34.2 Å². The molecule has 2 amide bonds. The molecule has 0 aliphatic rings. The van der Waals surface area contributed by atoms with Gasteiger partial charge in [0.25, 0.3) is 5.91 Å². The number of nitrogens with one attached hydrogen (secondary N) is 3. The van der Waals surface area contributed by atoms with Gasteiger partial charge >= 0.3 is 0 Å². The molecule has 1 unspecified atom stereocenters. The van der Waals surface area contributed by atoms with E-state index in [9.17, 15) is 9.59 Å². The molecule has 0 saturated carbocycles. The molecule has 0 fully saturated rings. The third kappa shape index (κ3) is 3.41. The molecule has 6 nitrogen and oxygen atoms in total. The third-order valence-electron chi connectivity index (χ3n) is 2.44. The summed E-state index contributed by atoms with van der Waals surface area (Å²) in [5.74, 6) is -0.119. The number of amides is 2. The van der Waals surface area contributed by atoms with E-state index in [1.807, 2.05) is 12.3 Å². The number of aromatic nitrogens is 2. The summed E-state index contributed by atoms with van der Waals surface area (Å²) in [6.45, 7) is 3.46. The van der Waals surface area contributed by atoms with Crippen LogP contribution in [-0.4, -0.2) is 28.1 Å². The Hall–Kier alpha value is -2.15. The molecule has 0 aliphatic heterocycles. The Bertz CT molecular complexity index is 576. The van der Waals surface area contributed by atoms with Gasteiger partial charge in [-0.15, -0.1) is 11.3 Å². The third-order valence-corrected chi connectivity index (χ3v) is 3.31. The SMILES string of the molecule is Cc1cc(NC(=O)C(C)NC(=O)c2cccs2)n[nH]1. The van der Waals surface area contributed by atoms with Gasteiger partial charge in [0.15, 0.2) is 5.82 Å². The van der Waals surface area contributed by atoms with E-state index >= 15 is 0 Å². The van der Waals surface area contributed by atoms with Crippen LogP contribution in [0.2, 0.25) is 0 Å². The summed E-state index contributed by atoms with van der Waals surface area (Å²) in [4.78, 5) is 24.2.